The molecule has 6 nitrogen and oxygen atoms in total. The highest BCUT2D eigenvalue weighted by atomic mass is 16.5. The SMILES string of the molecule is Cc1ccc2c(c1)CN(CCNC(=O)c1cnccn1)C[C@@H](C)O2. The third-order valence-corrected chi connectivity index (χ3v) is 3.96. The molecule has 0 spiro atoms. The van der Waals surface area contributed by atoms with E-state index in [4.69, 9.17) is 4.74 Å². The van der Waals surface area contributed by atoms with E-state index in [1.54, 1.807) is 6.20 Å². The summed E-state index contributed by atoms with van der Waals surface area (Å²) in [5.41, 5.74) is 2.76. The number of aromatic nitrogens is 2. The molecule has 0 saturated heterocycles. The third-order valence-electron chi connectivity index (χ3n) is 3.96. The van der Waals surface area contributed by atoms with Crippen LogP contribution in [-0.2, 0) is 6.54 Å². The molecule has 3 rings (SSSR count). The molecule has 1 aromatic carbocycles. The van der Waals surface area contributed by atoms with Crippen LogP contribution in [0.25, 0.3) is 0 Å². The highest BCUT2D eigenvalue weighted by Crippen LogP contribution is 2.25. The van der Waals surface area contributed by atoms with Crippen molar-refractivity contribution < 1.29 is 9.53 Å². The second-order valence-electron chi connectivity index (χ2n) is 6.12. The highest BCUT2D eigenvalue weighted by Gasteiger charge is 2.20. The second kappa shape index (κ2) is 7.40. The number of carbonyl (C=O) groups excluding carboxylic acids is 1. The fraction of sp³-hybridized carbons (Fsp3) is 0.389. The summed E-state index contributed by atoms with van der Waals surface area (Å²) in [5.74, 6) is 0.762. The standard InChI is InChI=1S/C18H22N4O2/c1-13-3-4-17-15(9-13)12-22(11-14(2)24-17)8-7-21-18(23)16-10-19-5-6-20-16/h3-6,9-10,14H,7-8,11-12H2,1-2H3,(H,21,23)/t14-/m1/s1. The zero-order valence-corrected chi connectivity index (χ0v) is 14.0. The first-order chi connectivity index (χ1) is 11.6. The van der Waals surface area contributed by atoms with Crippen LogP contribution < -0.4 is 10.1 Å². The van der Waals surface area contributed by atoms with Gasteiger partial charge in [0.1, 0.15) is 17.5 Å². The average Bonchev–Trinajstić information content (AvgIpc) is 2.73. The van der Waals surface area contributed by atoms with Crippen LogP contribution in [0.1, 0.15) is 28.5 Å². The van der Waals surface area contributed by atoms with Crippen LogP contribution in [-0.4, -0.2) is 46.5 Å². The van der Waals surface area contributed by atoms with Crippen molar-refractivity contribution in [1.82, 2.24) is 20.2 Å². The number of nitrogens with zero attached hydrogens (tertiary/aromatic N) is 3. The fourth-order valence-corrected chi connectivity index (χ4v) is 2.87. The molecule has 0 unspecified atom stereocenters. The summed E-state index contributed by atoms with van der Waals surface area (Å²) in [5, 5.41) is 2.89. The molecule has 1 N–H and O–H groups in total. The molecule has 1 aliphatic rings. The minimum atomic E-state index is -0.196. The molecular formula is C18H22N4O2. The minimum Gasteiger partial charge on any atom is -0.489 e. The number of aryl methyl sites for hydroxylation is 1. The Kier molecular flexibility index (Phi) is 5.05. The van der Waals surface area contributed by atoms with Gasteiger partial charge < -0.3 is 10.1 Å². The Morgan fingerprint density at radius 2 is 2.29 bits per heavy atom. The van der Waals surface area contributed by atoms with Gasteiger partial charge in [0.15, 0.2) is 0 Å². The number of ether oxygens (including phenoxy) is 1. The third kappa shape index (κ3) is 4.08. The number of fused-ring (bicyclic) bond motifs is 1. The van der Waals surface area contributed by atoms with E-state index in [0.29, 0.717) is 12.2 Å². The van der Waals surface area contributed by atoms with E-state index in [0.717, 1.165) is 25.4 Å². The van der Waals surface area contributed by atoms with Crippen LogP contribution in [0.2, 0.25) is 0 Å². The molecule has 0 radical (unpaired) electrons. The molecule has 0 bridgehead atoms. The van der Waals surface area contributed by atoms with Crippen molar-refractivity contribution in [2.75, 3.05) is 19.6 Å². The minimum absolute atomic E-state index is 0.115. The molecule has 1 amide bonds. The van der Waals surface area contributed by atoms with Gasteiger partial charge in [0.05, 0.1) is 6.20 Å². The lowest BCUT2D eigenvalue weighted by Gasteiger charge is -2.21. The van der Waals surface area contributed by atoms with Crippen LogP contribution in [0, 0.1) is 6.92 Å². The Hall–Kier alpha value is -2.47. The summed E-state index contributed by atoms with van der Waals surface area (Å²) in [6.07, 6.45) is 4.65. The summed E-state index contributed by atoms with van der Waals surface area (Å²) in [6.45, 7) is 7.12. The van der Waals surface area contributed by atoms with Gasteiger partial charge in [-0.3, -0.25) is 14.7 Å². The fourth-order valence-electron chi connectivity index (χ4n) is 2.87. The molecule has 1 atom stereocenters. The predicted octanol–water partition coefficient (Wildman–Crippen LogP) is 1.80. The smallest absolute Gasteiger partial charge is 0.271 e. The second-order valence-corrected chi connectivity index (χ2v) is 6.12. The molecule has 0 aliphatic carbocycles. The maximum atomic E-state index is 12.0. The van der Waals surface area contributed by atoms with Gasteiger partial charge in [0, 0.05) is 44.1 Å². The Morgan fingerprint density at radius 1 is 1.42 bits per heavy atom. The highest BCUT2D eigenvalue weighted by molar-refractivity contribution is 5.91. The first-order valence-electron chi connectivity index (χ1n) is 8.14. The van der Waals surface area contributed by atoms with Crippen LogP contribution in [0.3, 0.4) is 0 Å². The summed E-state index contributed by atoms with van der Waals surface area (Å²) >= 11 is 0. The van der Waals surface area contributed by atoms with E-state index in [1.807, 2.05) is 6.07 Å². The van der Waals surface area contributed by atoms with Crippen molar-refractivity contribution in [1.29, 1.82) is 0 Å². The number of nitrogens with one attached hydrogen (secondary N) is 1. The van der Waals surface area contributed by atoms with Gasteiger partial charge in [0.2, 0.25) is 0 Å². The van der Waals surface area contributed by atoms with Crippen LogP contribution >= 0.6 is 0 Å². The quantitative estimate of drug-likeness (QED) is 0.928. The number of carbonyl (C=O) groups is 1. The number of benzene rings is 1. The number of hydrogen-bond donors (Lipinski definition) is 1. The Balaban J connectivity index is 1.58. The zero-order chi connectivity index (χ0) is 16.9. The van der Waals surface area contributed by atoms with Crippen LogP contribution in [0.4, 0.5) is 0 Å². The van der Waals surface area contributed by atoms with Gasteiger partial charge in [0.25, 0.3) is 5.91 Å². The van der Waals surface area contributed by atoms with Crippen molar-refractivity contribution in [3.8, 4) is 5.75 Å². The van der Waals surface area contributed by atoms with Gasteiger partial charge in [-0.2, -0.15) is 0 Å². The lowest BCUT2D eigenvalue weighted by molar-refractivity contribution is 0.0939. The van der Waals surface area contributed by atoms with E-state index in [2.05, 4.69) is 46.2 Å². The van der Waals surface area contributed by atoms with Crippen molar-refractivity contribution >= 4 is 5.91 Å². The molecule has 126 valence electrons. The van der Waals surface area contributed by atoms with E-state index < -0.39 is 0 Å². The Labute approximate surface area is 141 Å². The molecule has 0 fully saturated rings. The maximum absolute atomic E-state index is 12.0. The first kappa shape index (κ1) is 16.4. The van der Waals surface area contributed by atoms with Crippen LogP contribution in [0.5, 0.6) is 5.75 Å². The molecule has 0 saturated carbocycles. The summed E-state index contributed by atoms with van der Waals surface area (Å²) < 4.78 is 5.99. The molecule has 1 aliphatic heterocycles. The van der Waals surface area contributed by atoms with Gasteiger partial charge >= 0.3 is 0 Å². The van der Waals surface area contributed by atoms with Crippen molar-refractivity contribution in [3.05, 3.63) is 53.6 Å². The summed E-state index contributed by atoms with van der Waals surface area (Å²) in [4.78, 5) is 22.2. The van der Waals surface area contributed by atoms with E-state index in [-0.39, 0.29) is 12.0 Å². The molecule has 2 aromatic rings. The number of amides is 1. The van der Waals surface area contributed by atoms with Crippen LogP contribution in [0.15, 0.2) is 36.8 Å². The van der Waals surface area contributed by atoms with Crippen molar-refractivity contribution in [2.24, 2.45) is 0 Å². The topological polar surface area (TPSA) is 67.4 Å². The van der Waals surface area contributed by atoms with Gasteiger partial charge in [-0.05, 0) is 19.9 Å². The van der Waals surface area contributed by atoms with E-state index >= 15 is 0 Å². The van der Waals surface area contributed by atoms with Crippen molar-refractivity contribution in [3.63, 3.8) is 0 Å². The summed E-state index contributed by atoms with van der Waals surface area (Å²) in [6, 6.07) is 6.28. The Bertz CT molecular complexity index is 705. The predicted molar refractivity (Wildman–Crippen MR) is 90.9 cm³/mol. The molecule has 1 aromatic heterocycles. The number of rotatable bonds is 4. The average molecular weight is 326 g/mol. The van der Waals surface area contributed by atoms with Gasteiger partial charge in [-0.25, -0.2) is 4.98 Å². The molecule has 2 heterocycles. The Morgan fingerprint density at radius 3 is 3.08 bits per heavy atom. The summed E-state index contributed by atoms with van der Waals surface area (Å²) in [7, 11) is 0. The molecule has 24 heavy (non-hydrogen) atoms. The number of hydrogen-bond acceptors (Lipinski definition) is 5. The monoisotopic (exact) mass is 326 g/mol. The maximum Gasteiger partial charge on any atom is 0.271 e. The van der Waals surface area contributed by atoms with Crippen molar-refractivity contribution in [2.45, 2.75) is 26.5 Å². The lowest BCUT2D eigenvalue weighted by atomic mass is 10.1. The zero-order valence-electron chi connectivity index (χ0n) is 14.0. The normalized spacial score (nSPS) is 17.5. The van der Waals surface area contributed by atoms with E-state index in [1.165, 1.54) is 23.5 Å². The first-order valence-corrected chi connectivity index (χ1v) is 8.14. The van der Waals surface area contributed by atoms with Gasteiger partial charge in [-0.15, -0.1) is 0 Å². The lowest BCUT2D eigenvalue weighted by Crippen LogP contribution is -2.38. The molecule has 6 heteroatoms. The largest absolute Gasteiger partial charge is 0.489 e. The van der Waals surface area contributed by atoms with E-state index in [9.17, 15) is 4.79 Å². The molecular weight excluding hydrogens is 304 g/mol. The van der Waals surface area contributed by atoms with Gasteiger partial charge in [-0.1, -0.05) is 17.7 Å².